The van der Waals surface area contributed by atoms with Gasteiger partial charge in [-0.25, -0.2) is 4.98 Å². The molecule has 196 valence electrons. The maximum Gasteiger partial charge on any atom is 0.224 e. The zero-order chi connectivity index (χ0) is 25.2. The Balaban J connectivity index is 1.55. The van der Waals surface area contributed by atoms with Crippen molar-refractivity contribution in [2.75, 3.05) is 18.5 Å². The van der Waals surface area contributed by atoms with E-state index in [0.29, 0.717) is 30.6 Å². The van der Waals surface area contributed by atoms with E-state index < -0.39 is 8.32 Å². The SMILES string of the molecule is CCCNc1ncc2c(C3CCC(CO)CC3)cn(C3CCC(O[Si](C)(C)C(C)(C)C)CC3)c2n1. The van der Waals surface area contributed by atoms with Crippen LogP contribution in [-0.4, -0.2) is 47.2 Å². The smallest absolute Gasteiger partial charge is 0.224 e. The molecule has 2 aromatic rings. The molecule has 0 amide bonds. The Kier molecular flexibility index (Phi) is 8.28. The molecule has 2 aliphatic rings. The van der Waals surface area contributed by atoms with E-state index in [4.69, 9.17) is 9.41 Å². The second-order valence-corrected chi connectivity index (χ2v) is 17.3. The Hall–Kier alpha value is -1.44. The zero-order valence-electron chi connectivity index (χ0n) is 22.9. The molecule has 2 heterocycles. The van der Waals surface area contributed by atoms with Crippen LogP contribution in [-0.2, 0) is 4.43 Å². The molecular weight excluding hydrogens is 452 g/mol. The minimum Gasteiger partial charge on any atom is -0.414 e. The summed E-state index contributed by atoms with van der Waals surface area (Å²) < 4.78 is 9.25. The van der Waals surface area contributed by atoms with Crippen molar-refractivity contribution in [2.45, 2.75) is 122 Å². The van der Waals surface area contributed by atoms with Gasteiger partial charge < -0.3 is 19.4 Å². The van der Waals surface area contributed by atoms with E-state index in [0.717, 1.165) is 75.9 Å². The van der Waals surface area contributed by atoms with Crippen molar-refractivity contribution in [1.82, 2.24) is 14.5 Å². The quantitative estimate of drug-likeness (QED) is 0.381. The summed E-state index contributed by atoms with van der Waals surface area (Å²) in [5, 5.41) is 14.5. The zero-order valence-corrected chi connectivity index (χ0v) is 23.9. The highest BCUT2D eigenvalue weighted by Crippen LogP contribution is 2.43. The molecule has 6 nitrogen and oxygen atoms in total. The fourth-order valence-corrected chi connectivity index (χ4v) is 7.09. The standard InChI is InChI=1S/C28H48N4O2Si/c1-7-16-29-27-30-17-24-25(21-10-8-20(19-33)9-11-21)18-32(26(24)31-27)22-12-14-23(15-13-22)34-35(5,6)28(2,3)4/h17-18,20-23,33H,7-16,19H2,1-6H3,(H,29,30,31). The van der Waals surface area contributed by atoms with Gasteiger partial charge in [-0.05, 0) is 93.3 Å². The maximum absolute atomic E-state index is 9.59. The molecule has 35 heavy (non-hydrogen) atoms. The summed E-state index contributed by atoms with van der Waals surface area (Å²) in [6.45, 7) is 15.1. The van der Waals surface area contributed by atoms with E-state index in [-0.39, 0.29) is 5.04 Å². The molecule has 2 N–H and O–H groups in total. The van der Waals surface area contributed by atoms with Crippen LogP contribution in [0.25, 0.3) is 11.0 Å². The lowest BCUT2D eigenvalue weighted by Crippen LogP contribution is -2.44. The second kappa shape index (κ2) is 10.9. The molecule has 0 saturated heterocycles. The van der Waals surface area contributed by atoms with Crippen molar-refractivity contribution in [3.05, 3.63) is 18.0 Å². The van der Waals surface area contributed by atoms with Gasteiger partial charge in [0, 0.05) is 43.1 Å². The lowest BCUT2D eigenvalue weighted by atomic mass is 9.79. The number of hydrogen-bond acceptors (Lipinski definition) is 5. The van der Waals surface area contributed by atoms with Crippen molar-refractivity contribution in [3.8, 4) is 0 Å². The van der Waals surface area contributed by atoms with Crippen LogP contribution in [0.4, 0.5) is 5.95 Å². The van der Waals surface area contributed by atoms with E-state index in [1.807, 2.05) is 0 Å². The summed E-state index contributed by atoms with van der Waals surface area (Å²) >= 11 is 0. The number of nitrogens with one attached hydrogen (secondary N) is 1. The first kappa shape index (κ1) is 26.6. The third kappa shape index (κ3) is 5.94. The van der Waals surface area contributed by atoms with Gasteiger partial charge in [0.05, 0.1) is 0 Å². The summed E-state index contributed by atoms with van der Waals surface area (Å²) in [5.41, 5.74) is 2.50. The number of aliphatic hydroxyl groups excluding tert-OH is 1. The highest BCUT2D eigenvalue weighted by Gasteiger charge is 2.40. The normalized spacial score (nSPS) is 26.3. The summed E-state index contributed by atoms with van der Waals surface area (Å²) in [4.78, 5) is 9.70. The van der Waals surface area contributed by atoms with E-state index in [2.05, 4.69) is 68.1 Å². The van der Waals surface area contributed by atoms with E-state index >= 15 is 0 Å². The Morgan fingerprint density at radius 3 is 2.37 bits per heavy atom. The minimum atomic E-state index is -1.74. The van der Waals surface area contributed by atoms with E-state index in [1.165, 1.54) is 10.9 Å². The minimum absolute atomic E-state index is 0.253. The maximum atomic E-state index is 9.59. The van der Waals surface area contributed by atoms with Crippen LogP contribution in [0.1, 0.15) is 103 Å². The molecule has 2 saturated carbocycles. The Morgan fingerprint density at radius 1 is 1.09 bits per heavy atom. The van der Waals surface area contributed by atoms with Gasteiger partial charge in [0.2, 0.25) is 5.95 Å². The van der Waals surface area contributed by atoms with Gasteiger partial charge in [-0.15, -0.1) is 0 Å². The van der Waals surface area contributed by atoms with Crippen molar-refractivity contribution < 1.29 is 9.53 Å². The van der Waals surface area contributed by atoms with Crippen LogP contribution < -0.4 is 5.32 Å². The highest BCUT2D eigenvalue weighted by atomic mass is 28.4. The molecule has 7 heteroatoms. The first-order valence-corrected chi connectivity index (χ1v) is 16.9. The molecule has 0 bridgehead atoms. The first-order valence-electron chi connectivity index (χ1n) is 14.0. The molecule has 0 unspecified atom stereocenters. The monoisotopic (exact) mass is 500 g/mol. The topological polar surface area (TPSA) is 72.2 Å². The molecule has 0 atom stereocenters. The van der Waals surface area contributed by atoms with Gasteiger partial charge in [0.1, 0.15) is 5.65 Å². The number of anilines is 1. The second-order valence-electron chi connectivity index (χ2n) is 12.6. The largest absolute Gasteiger partial charge is 0.414 e. The van der Waals surface area contributed by atoms with Crippen molar-refractivity contribution in [2.24, 2.45) is 5.92 Å². The Bertz CT molecular complexity index is 967. The molecule has 0 aliphatic heterocycles. The van der Waals surface area contributed by atoms with Crippen LogP contribution in [0.2, 0.25) is 18.1 Å². The molecule has 0 spiro atoms. The predicted molar refractivity (Wildman–Crippen MR) is 148 cm³/mol. The molecule has 2 aliphatic carbocycles. The third-order valence-electron chi connectivity index (χ3n) is 8.98. The van der Waals surface area contributed by atoms with Crippen LogP contribution in [0.15, 0.2) is 12.4 Å². The summed E-state index contributed by atoms with van der Waals surface area (Å²) in [7, 11) is -1.74. The van der Waals surface area contributed by atoms with Crippen molar-refractivity contribution >= 4 is 25.3 Å². The van der Waals surface area contributed by atoms with Crippen LogP contribution >= 0.6 is 0 Å². The third-order valence-corrected chi connectivity index (χ3v) is 13.5. The fourth-order valence-electron chi connectivity index (χ4n) is 5.67. The number of rotatable bonds is 8. The summed E-state index contributed by atoms with van der Waals surface area (Å²) in [5.74, 6) is 1.75. The molecule has 0 aromatic carbocycles. The number of aliphatic hydroxyl groups is 1. The Labute approximate surface area is 213 Å². The number of aromatic nitrogens is 3. The van der Waals surface area contributed by atoms with E-state index in [9.17, 15) is 5.11 Å². The number of fused-ring (bicyclic) bond motifs is 1. The fraction of sp³-hybridized carbons (Fsp3) is 0.786. The van der Waals surface area contributed by atoms with Gasteiger partial charge in [0.25, 0.3) is 0 Å². The van der Waals surface area contributed by atoms with Crippen LogP contribution in [0.5, 0.6) is 0 Å². The summed E-state index contributed by atoms with van der Waals surface area (Å²) in [6, 6.07) is 0.466. The van der Waals surface area contributed by atoms with Gasteiger partial charge >= 0.3 is 0 Å². The summed E-state index contributed by atoms with van der Waals surface area (Å²) in [6.07, 6.45) is 15.0. The number of hydrogen-bond donors (Lipinski definition) is 2. The van der Waals surface area contributed by atoms with E-state index in [1.54, 1.807) is 0 Å². The van der Waals surface area contributed by atoms with Gasteiger partial charge in [-0.1, -0.05) is 27.7 Å². The lowest BCUT2D eigenvalue weighted by Gasteiger charge is -2.41. The van der Waals surface area contributed by atoms with Gasteiger partial charge in [0.15, 0.2) is 8.32 Å². The van der Waals surface area contributed by atoms with Crippen molar-refractivity contribution in [1.29, 1.82) is 0 Å². The Morgan fingerprint density at radius 2 is 1.77 bits per heavy atom. The van der Waals surface area contributed by atoms with Crippen molar-refractivity contribution in [3.63, 3.8) is 0 Å². The first-order chi connectivity index (χ1) is 16.6. The van der Waals surface area contributed by atoms with Gasteiger partial charge in [-0.2, -0.15) is 4.98 Å². The molecule has 2 fully saturated rings. The molecular formula is C28H48N4O2Si. The highest BCUT2D eigenvalue weighted by molar-refractivity contribution is 6.74. The predicted octanol–water partition coefficient (Wildman–Crippen LogP) is 7.02. The average Bonchev–Trinajstić information content (AvgIpc) is 3.21. The molecule has 0 radical (unpaired) electrons. The van der Waals surface area contributed by atoms with Gasteiger partial charge in [-0.3, -0.25) is 0 Å². The average molecular weight is 501 g/mol. The molecule has 4 rings (SSSR count). The van der Waals surface area contributed by atoms with Crippen LogP contribution in [0.3, 0.4) is 0 Å². The lowest BCUT2D eigenvalue weighted by molar-refractivity contribution is 0.119. The molecule has 2 aromatic heterocycles. The van der Waals surface area contributed by atoms with Crippen LogP contribution in [0, 0.1) is 5.92 Å². The number of nitrogens with zero attached hydrogens (tertiary/aromatic N) is 3.